The lowest BCUT2D eigenvalue weighted by Gasteiger charge is -2.42. The van der Waals surface area contributed by atoms with Gasteiger partial charge in [0, 0.05) is 0 Å². The third-order valence-corrected chi connectivity index (χ3v) is 4.35. The SMILES string of the molecule is CCCCc1ccc(OC2(CCNCC)CCC2)cc1. The Kier molecular flexibility index (Phi) is 5.90. The number of ether oxygens (including phenoxy) is 1. The summed E-state index contributed by atoms with van der Waals surface area (Å²) in [5.41, 5.74) is 1.53. The Morgan fingerprint density at radius 1 is 1.15 bits per heavy atom. The summed E-state index contributed by atoms with van der Waals surface area (Å²) in [6, 6.07) is 8.75. The fraction of sp³-hybridized carbons (Fsp3) is 0.667. The summed E-state index contributed by atoms with van der Waals surface area (Å²) in [5, 5.41) is 3.41. The van der Waals surface area contributed by atoms with Crippen molar-refractivity contribution in [2.75, 3.05) is 13.1 Å². The van der Waals surface area contributed by atoms with Crippen LogP contribution in [0.5, 0.6) is 5.75 Å². The van der Waals surface area contributed by atoms with Gasteiger partial charge in [-0.15, -0.1) is 0 Å². The molecular weight excluding hydrogens is 246 g/mol. The third kappa shape index (κ3) is 4.24. The molecule has 0 aromatic heterocycles. The van der Waals surface area contributed by atoms with E-state index in [2.05, 4.69) is 43.4 Å². The van der Waals surface area contributed by atoms with E-state index in [0.29, 0.717) is 0 Å². The van der Waals surface area contributed by atoms with Crippen LogP contribution >= 0.6 is 0 Å². The van der Waals surface area contributed by atoms with E-state index in [-0.39, 0.29) is 5.60 Å². The lowest BCUT2D eigenvalue weighted by Crippen LogP contribution is -2.45. The van der Waals surface area contributed by atoms with E-state index in [9.17, 15) is 0 Å². The number of aryl methyl sites for hydroxylation is 1. The first-order valence-electron chi connectivity index (χ1n) is 8.27. The van der Waals surface area contributed by atoms with Gasteiger partial charge in [-0.25, -0.2) is 0 Å². The molecule has 1 N–H and O–H groups in total. The smallest absolute Gasteiger partial charge is 0.120 e. The van der Waals surface area contributed by atoms with Crippen LogP contribution in [0.1, 0.15) is 57.9 Å². The predicted octanol–water partition coefficient (Wildman–Crippen LogP) is 4.33. The molecule has 0 aliphatic heterocycles. The molecule has 0 bridgehead atoms. The molecule has 0 amide bonds. The van der Waals surface area contributed by atoms with Crippen LogP contribution in [-0.4, -0.2) is 18.7 Å². The highest BCUT2D eigenvalue weighted by Crippen LogP contribution is 2.39. The second-order valence-electron chi connectivity index (χ2n) is 5.99. The Labute approximate surface area is 123 Å². The zero-order valence-corrected chi connectivity index (χ0v) is 13.1. The van der Waals surface area contributed by atoms with Crippen molar-refractivity contribution in [2.24, 2.45) is 0 Å². The number of hydrogen-bond donors (Lipinski definition) is 1. The van der Waals surface area contributed by atoms with Crippen LogP contribution in [0.2, 0.25) is 0 Å². The van der Waals surface area contributed by atoms with Crippen LogP contribution in [-0.2, 0) is 6.42 Å². The van der Waals surface area contributed by atoms with Crippen molar-refractivity contribution in [3.8, 4) is 5.75 Å². The van der Waals surface area contributed by atoms with E-state index in [4.69, 9.17) is 4.74 Å². The van der Waals surface area contributed by atoms with Gasteiger partial charge in [0.1, 0.15) is 11.4 Å². The van der Waals surface area contributed by atoms with Crippen molar-refractivity contribution in [3.05, 3.63) is 29.8 Å². The molecule has 1 fully saturated rings. The zero-order chi connectivity index (χ0) is 14.3. The van der Waals surface area contributed by atoms with Crippen LogP contribution in [0, 0.1) is 0 Å². The normalized spacial score (nSPS) is 16.7. The van der Waals surface area contributed by atoms with E-state index < -0.39 is 0 Å². The van der Waals surface area contributed by atoms with Gasteiger partial charge in [-0.05, 0) is 69.3 Å². The van der Waals surface area contributed by atoms with Crippen LogP contribution < -0.4 is 10.1 Å². The maximum Gasteiger partial charge on any atom is 0.120 e. The summed E-state index contributed by atoms with van der Waals surface area (Å²) in [4.78, 5) is 0. The van der Waals surface area contributed by atoms with E-state index in [1.807, 2.05) is 0 Å². The van der Waals surface area contributed by atoms with Gasteiger partial charge in [0.2, 0.25) is 0 Å². The summed E-state index contributed by atoms with van der Waals surface area (Å²) in [5.74, 6) is 1.04. The highest BCUT2D eigenvalue weighted by molar-refractivity contribution is 5.28. The minimum Gasteiger partial charge on any atom is -0.487 e. The lowest BCUT2D eigenvalue weighted by atomic mass is 9.77. The second kappa shape index (κ2) is 7.68. The molecule has 112 valence electrons. The average Bonchev–Trinajstić information content (AvgIpc) is 2.44. The molecule has 0 spiro atoms. The van der Waals surface area contributed by atoms with Crippen molar-refractivity contribution in [1.29, 1.82) is 0 Å². The molecule has 20 heavy (non-hydrogen) atoms. The summed E-state index contributed by atoms with van der Waals surface area (Å²) < 4.78 is 6.30. The summed E-state index contributed by atoms with van der Waals surface area (Å²) >= 11 is 0. The number of unbranched alkanes of at least 4 members (excludes halogenated alkanes) is 1. The molecule has 0 radical (unpaired) electrons. The first-order chi connectivity index (χ1) is 9.78. The number of benzene rings is 1. The van der Waals surface area contributed by atoms with E-state index in [1.54, 1.807) is 0 Å². The van der Waals surface area contributed by atoms with Gasteiger partial charge in [-0.3, -0.25) is 0 Å². The topological polar surface area (TPSA) is 21.3 Å². The average molecular weight is 275 g/mol. The van der Waals surface area contributed by atoms with Crippen LogP contribution in [0.4, 0.5) is 0 Å². The molecule has 2 heteroatoms. The van der Waals surface area contributed by atoms with Crippen molar-refractivity contribution < 1.29 is 4.74 Å². The molecule has 1 saturated carbocycles. The Hall–Kier alpha value is -1.02. The van der Waals surface area contributed by atoms with Crippen molar-refractivity contribution in [1.82, 2.24) is 5.32 Å². The van der Waals surface area contributed by atoms with Crippen LogP contribution in [0.25, 0.3) is 0 Å². The monoisotopic (exact) mass is 275 g/mol. The molecule has 0 unspecified atom stereocenters. The first kappa shape index (κ1) is 15.4. The van der Waals surface area contributed by atoms with E-state index >= 15 is 0 Å². The van der Waals surface area contributed by atoms with Crippen LogP contribution in [0.15, 0.2) is 24.3 Å². The summed E-state index contributed by atoms with van der Waals surface area (Å²) in [6.45, 7) is 6.50. The van der Waals surface area contributed by atoms with Crippen LogP contribution in [0.3, 0.4) is 0 Å². The number of nitrogens with one attached hydrogen (secondary N) is 1. The Balaban J connectivity index is 1.87. The van der Waals surface area contributed by atoms with E-state index in [0.717, 1.165) is 25.3 Å². The highest BCUT2D eigenvalue weighted by Gasteiger charge is 2.38. The quantitative estimate of drug-likeness (QED) is 0.677. The van der Waals surface area contributed by atoms with Crippen molar-refractivity contribution in [3.63, 3.8) is 0 Å². The molecule has 0 heterocycles. The zero-order valence-electron chi connectivity index (χ0n) is 13.1. The third-order valence-electron chi connectivity index (χ3n) is 4.35. The largest absolute Gasteiger partial charge is 0.487 e. The highest BCUT2D eigenvalue weighted by atomic mass is 16.5. The molecule has 1 aliphatic rings. The fourth-order valence-corrected chi connectivity index (χ4v) is 2.82. The minimum atomic E-state index is 0.104. The second-order valence-corrected chi connectivity index (χ2v) is 5.99. The lowest BCUT2D eigenvalue weighted by molar-refractivity contribution is -0.0141. The van der Waals surface area contributed by atoms with Gasteiger partial charge in [0.15, 0.2) is 0 Å². The molecular formula is C18H29NO. The molecule has 0 saturated heterocycles. The Morgan fingerprint density at radius 3 is 2.45 bits per heavy atom. The van der Waals surface area contributed by atoms with Gasteiger partial charge in [0.25, 0.3) is 0 Å². The molecule has 1 aliphatic carbocycles. The first-order valence-corrected chi connectivity index (χ1v) is 8.27. The molecule has 0 atom stereocenters. The molecule has 2 rings (SSSR count). The van der Waals surface area contributed by atoms with Gasteiger partial charge < -0.3 is 10.1 Å². The fourth-order valence-electron chi connectivity index (χ4n) is 2.82. The van der Waals surface area contributed by atoms with Gasteiger partial charge >= 0.3 is 0 Å². The van der Waals surface area contributed by atoms with E-state index in [1.165, 1.54) is 44.1 Å². The van der Waals surface area contributed by atoms with Gasteiger partial charge in [-0.2, -0.15) is 0 Å². The Morgan fingerprint density at radius 2 is 1.90 bits per heavy atom. The van der Waals surface area contributed by atoms with Gasteiger partial charge in [-0.1, -0.05) is 32.4 Å². The number of hydrogen-bond acceptors (Lipinski definition) is 2. The standard InChI is InChI=1S/C18H29NO/c1-3-5-7-16-8-10-17(11-9-16)20-18(12-6-13-18)14-15-19-4-2/h8-11,19H,3-7,12-15H2,1-2H3. The maximum atomic E-state index is 6.30. The molecule has 1 aromatic carbocycles. The summed E-state index contributed by atoms with van der Waals surface area (Å²) in [6.07, 6.45) is 8.55. The molecule has 1 aromatic rings. The number of rotatable bonds is 9. The Bertz CT molecular complexity index is 381. The summed E-state index contributed by atoms with van der Waals surface area (Å²) in [7, 11) is 0. The van der Waals surface area contributed by atoms with Crippen molar-refractivity contribution in [2.45, 2.75) is 64.4 Å². The maximum absolute atomic E-state index is 6.30. The predicted molar refractivity (Wildman–Crippen MR) is 85.4 cm³/mol. The van der Waals surface area contributed by atoms with Gasteiger partial charge in [0.05, 0.1) is 0 Å². The van der Waals surface area contributed by atoms with Crippen molar-refractivity contribution >= 4 is 0 Å². The minimum absolute atomic E-state index is 0.104. The molecule has 2 nitrogen and oxygen atoms in total.